The topological polar surface area (TPSA) is 171 Å². The second kappa shape index (κ2) is 16.1. The quantitative estimate of drug-likeness (QED) is 0.198. The summed E-state index contributed by atoms with van der Waals surface area (Å²) in [5, 5.41) is 11.4. The van der Waals surface area contributed by atoms with Gasteiger partial charge >= 0.3 is 6.03 Å². The minimum absolute atomic E-state index is 0.00337. The van der Waals surface area contributed by atoms with Gasteiger partial charge in [-0.05, 0) is 76.5 Å². The average Bonchev–Trinajstić information content (AvgIpc) is 3.68. The highest BCUT2D eigenvalue weighted by atomic mass is 32.2. The van der Waals surface area contributed by atoms with E-state index in [1.807, 2.05) is 41.5 Å². The van der Waals surface area contributed by atoms with E-state index in [1.165, 1.54) is 4.90 Å². The highest BCUT2D eigenvalue weighted by Crippen LogP contribution is 2.34. The summed E-state index contributed by atoms with van der Waals surface area (Å²) in [4.78, 5) is 69.4. The summed E-state index contributed by atoms with van der Waals surface area (Å²) in [6.45, 7) is 16.8. The second-order valence-corrected chi connectivity index (χ2v) is 19.9. The SMILES string of the molecule is CCCC[C@@H](NC(=O)[C@@H]1C[C@@H](C(C)C)CN1C(=O)[C@@H](NC(=O)NC1(CS(=O)(=O)C(C)(C)C)CCCCC1)C(C)(C)C)C(=O)C(=O)NC1CC1. The standard InChI is InChI=1S/C36H63N5O7S/c1-10-11-15-26(28(42)31(44)37-25-16-17-25)38-30(43)27-20-24(23(2)3)21-41(27)32(45)29(34(4,5)6)39-33(46)40-36(18-13-12-14-19-36)22-49(47,48)35(7,8)9/h23-27,29H,10-22H2,1-9H3,(H,37,44)(H,38,43)(H2,39,40,46)/t24-,26-,27+,29-/m1/s1. The van der Waals surface area contributed by atoms with Crippen molar-refractivity contribution in [3.05, 3.63) is 0 Å². The number of unbranched alkanes of at least 4 members (excludes halogenated alkanes) is 1. The number of amides is 5. The third kappa shape index (κ3) is 10.9. The number of carbonyl (C=O) groups is 5. The van der Waals surface area contributed by atoms with Gasteiger partial charge in [0.25, 0.3) is 5.91 Å². The maximum atomic E-state index is 14.4. The Kier molecular flexibility index (Phi) is 13.4. The Morgan fingerprint density at radius 1 is 0.918 bits per heavy atom. The van der Waals surface area contributed by atoms with Crippen LogP contribution in [0, 0.1) is 17.3 Å². The number of carbonyl (C=O) groups excluding carboxylic acids is 5. The first kappa shape index (κ1) is 40.7. The van der Waals surface area contributed by atoms with Gasteiger partial charge in [0.15, 0.2) is 9.84 Å². The second-order valence-electron chi connectivity index (χ2n) is 17.2. The van der Waals surface area contributed by atoms with E-state index in [0.717, 1.165) is 38.5 Å². The van der Waals surface area contributed by atoms with Crippen molar-refractivity contribution in [2.24, 2.45) is 17.3 Å². The van der Waals surface area contributed by atoms with Crippen molar-refractivity contribution >= 4 is 39.4 Å². The summed E-state index contributed by atoms with van der Waals surface area (Å²) in [6, 6.07) is -3.54. The molecule has 49 heavy (non-hydrogen) atoms. The molecule has 3 aliphatic rings. The third-order valence-electron chi connectivity index (χ3n) is 10.5. The lowest BCUT2D eigenvalue weighted by molar-refractivity contribution is -0.144. The molecule has 2 saturated carbocycles. The van der Waals surface area contributed by atoms with Crippen LogP contribution in [0.2, 0.25) is 0 Å². The number of likely N-dealkylation sites (tertiary alicyclic amines) is 1. The van der Waals surface area contributed by atoms with Gasteiger partial charge in [-0.2, -0.15) is 0 Å². The van der Waals surface area contributed by atoms with Crippen molar-refractivity contribution in [1.29, 1.82) is 0 Å². The summed E-state index contributed by atoms with van der Waals surface area (Å²) in [6.07, 6.45) is 7.33. The zero-order valence-corrected chi connectivity index (χ0v) is 32.2. The highest BCUT2D eigenvalue weighted by Gasteiger charge is 2.47. The van der Waals surface area contributed by atoms with Crippen LogP contribution in [-0.2, 0) is 29.0 Å². The molecule has 13 heteroatoms. The van der Waals surface area contributed by atoms with E-state index in [1.54, 1.807) is 20.8 Å². The van der Waals surface area contributed by atoms with Gasteiger partial charge in [-0.25, -0.2) is 13.2 Å². The van der Waals surface area contributed by atoms with Gasteiger partial charge in [-0.15, -0.1) is 0 Å². The Hall–Kier alpha value is -2.70. The van der Waals surface area contributed by atoms with Gasteiger partial charge in [0, 0.05) is 12.6 Å². The number of hydrogen-bond acceptors (Lipinski definition) is 7. The number of Topliss-reactive ketones (excluding diaryl/α,β-unsaturated/α-hetero) is 1. The van der Waals surface area contributed by atoms with Crippen molar-refractivity contribution < 1.29 is 32.4 Å². The van der Waals surface area contributed by atoms with Crippen LogP contribution in [0.4, 0.5) is 4.79 Å². The lowest BCUT2D eigenvalue weighted by atomic mass is 9.83. The van der Waals surface area contributed by atoms with E-state index in [0.29, 0.717) is 38.6 Å². The lowest BCUT2D eigenvalue weighted by Crippen LogP contribution is -2.63. The van der Waals surface area contributed by atoms with E-state index in [9.17, 15) is 32.4 Å². The predicted molar refractivity (Wildman–Crippen MR) is 190 cm³/mol. The molecule has 0 unspecified atom stereocenters. The average molecular weight is 710 g/mol. The molecule has 4 atom stereocenters. The number of sulfone groups is 1. The largest absolute Gasteiger partial charge is 0.347 e. The van der Waals surface area contributed by atoms with Crippen LogP contribution in [0.1, 0.15) is 133 Å². The van der Waals surface area contributed by atoms with Crippen molar-refractivity contribution in [3.63, 3.8) is 0 Å². The normalized spacial score (nSPS) is 22.6. The summed E-state index contributed by atoms with van der Waals surface area (Å²) >= 11 is 0. The van der Waals surface area contributed by atoms with Crippen LogP contribution < -0.4 is 21.3 Å². The Morgan fingerprint density at radius 2 is 1.53 bits per heavy atom. The summed E-state index contributed by atoms with van der Waals surface area (Å²) in [7, 11) is -3.56. The van der Waals surface area contributed by atoms with Crippen molar-refractivity contribution in [1.82, 2.24) is 26.2 Å². The minimum Gasteiger partial charge on any atom is -0.347 e. The molecular formula is C36H63N5O7S. The molecule has 2 aliphatic carbocycles. The maximum absolute atomic E-state index is 14.4. The molecule has 0 aromatic heterocycles. The van der Waals surface area contributed by atoms with Crippen LogP contribution in [0.25, 0.3) is 0 Å². The molecule has 1 heterocycles. The first-order valence-electron chi connectivity index (χ1n) is 18.4. The molecule has 12 nitrogen and oxygen atoms in total. The number of ketones is 1. The molecule has 0 bridgehead atoms. The molecule has 3 rings (SSSR count). The van der Waals surface area contributed by atoms with Gasteiger partial charge < -0.3 is 26.2 Å². The molecule has 5 amide bonds. The van der Waals surface area contributed by atoms with Crippen molar-refractivity contribution in [3.8, 4) is 0 Å². The molecule has 0 aromatic rings. The van der Waals surface area contributed by atoms with Crippen LogP contribution in [0.5, 0.6) is 0 Å². The molecule has 0 radical (unpaired) electrons. The maximum Gasteiger partial charge on any atom is 0.315 e. The summed E-state index contributed by atoms with van der Waals surface area (Å²) < 4.78 is 25.6. The first-order chi connectivity index (χ1) is 22.6. The zero-order chi connectivity index (χ0) is 36.9. The number of hydrogen-bond donors (Lipinski definition) is 4. The Bertz CT molecular complexity index is 1320. The fourth-order valence-electron chi connectivity index (χ4n) is 6.77. The molecule has 0 spiro atoms. The van der Waals surface area contributed by atoms with Crippen LogP contribution >= 0.6 is 0 Å². The van der Waals surface area contributed by atoms with Crippen LogP contribution in [0.15, 0.2) is 0 Å². The van der Waals surface area contributed by atoms with Gasteiger partial charge in [-0.3, -0.25) is 19.2 Å². The number of nitrogens with one attached hydrogen (secondary N) is 4. The monoisotopic (exact) mass is 709 g/mol. The number of rotatable bonds is 14. The molecule has 1 saturated heterocycles. The van der Waals surface area contributed by atoms with Gasteiger partial charge in [0.1, 0.15) is 12.1 Å². The Labute approximate surface area is 294 Å². The summed E-state index contributed by atoms with van der Waals surface area (Å²) in [5.41, 5.74) is -1.71. The van der Waals surface area contributed by atoms with Gasteiger partial charge in [0.05, 0.1) is 22.1 Å². The van der Waals surface area contributed by atoms with Crippen molar-refractivity contribution in [2.45, 2.75) is 167 Å². The molecule has 4 N–H and O–H groups in total. The van der Waals surface area contributed by atoms with E-state index < -0.39 is 73.2 Å². The van der Waals surface area contributed by atoms with Crippen LogP contribution in [-0.4, -0.2) is 89.6 Å². The lowest BCUT2D eigenvalue weighted by Gasteiger charge is -2.41. The fraction of sp³-hybridized carbons (Fsp3) is 0.861. The summed E-state index contributed by atoms with van der Waals surface area (Å²) in [5.74, 6) is -2.31. The molecule has 280 valence electrons. The highest BCUT2D eigenvalue weighted by molar-refractivity contribution is 7.92. The molecule has 0 aromatic carbocycles. The molecule has 1 aliphatic heterocycles. The van der Waals surface area contributed by atoms with E-state index >= 15 is 0 Å². The van der Waals surface area contributed by atoms with E-state index in [4.69, 9.17) is 0 Å². The molecule has 3 fully saturated rings. The minimum atomic E-state index is -3.56. The fourth-order valence-corrected chi connectivity index (χ4v) is 8.29. The van der Waals surface area contributed by atoms with Crippen LogP contribution in [0.3, 0.4) is 0 Å². The van der Waals surface area contributed by atoms with Crippen molar-refractivity contribution in [2.75, 3.05) is 12.3 Å². The number of urea groups is 1. The van der Waals surface area contributed by atoms with E-state index in [2.05, 4.69) is 21.3 Å². The predicted octanol–water partition coefficient (Wildman–Crippen LogP) is 4.01. The molecular weight excluding hydrogens is 646 g/mol. The van der Waals surface area contributed by atoms with Gasteiger partial charge in [-0.1, -0.05) is 73.6 Å². The van der Waals surface area contributed by atoms with Gasteiger partial charge in [0.2, 0.25) is 17.6 Å². The number of nitrogens with zero attached hydrogens (tertiary/aromatic N) is 1. The first-order valence-corrected chi connectivity index (χ1v) is 20.0. The Balaban J connectivity index is 1.84. The third-order valence-corrected chi connectivity index (χ3v) is 13.3. The van der Waals surface area contributed by atoms with E-state index in [-0.39, 0.29) is 23.6 Å². The smallest absolute Gasteiger partial charge is 0.315 e. The Morgan fingerprint density at radius 3 is 2.04 bits per heavy atom. The zero-order valence-electron chi connectivity index (χ0n) is 31.4.